The van der Waals surface area contributed by atoms with Gasteiger partial charge in [-0.3, -0.25) is 38.6 Å². The number of halogens is 3. The van der Waals surface area contributed by atoms with E-state index >= 15 is 8.78 Å². The van der Waals surface area contributed by atoms with Crippen molar-refractivity contribution in [3.63, 3.8) is 0 Å². The number of amides is 6. The molecule has 0 radical (unpaired) electrons. The van der Waals surface area contributed by atoms with Gasteiger partial charge in [0, 0.05) is 82.0 Å². The van der Waals surface area contributed by atoms with Gasteiger partial charge in [-0.1, -0.05) is 36.4 Å². The van der Waals surface area contributed by atoms with Gasteiger partial charge in [0.15, 0.2) is 0 Å². The topological polar surface area (TPSA) is 206 Å². The molecule has 4 aromatic carbocycles. The van der Waals surface area contributed by atoms with E-state index in [2.05, 4.69) is 55.5 Å². The molecule has 0 aromatic heterocycles. The van der Waals surface area contributed by atoms with Gasteiger partial charge in [-0.05, 0) is 130 Å². The van der Waals surface area contributed by atoms with Gasteiger partial charge in [0.05, 0.1) is 37.8 Å². The molecule has 21 heteroatoms. The molecule has 6 N–H and O–H groups in total. The first-order valence-corrected chi connectivity index (χ1v) is 27.2. The Hall–Kier alpha value is -6.75. The number of fused-ring (bicyclic) bond motifs is 2. The van der Waals surface area contributed by atoms with E-state index in [-0.39, 0.29) is 66.7 Å². The first-order chi connectivity index (χ1) is 37.9. The number of ether oxygens (including phenoxy) is 2. The van der Waals surface area contributed by atoms with Crippen molar-refractivity contribution in [1.29, 1.82) is 0 Å². The molecule has 9 rings (SSSR count). The van der Waals surface area contributed by atoms with Crippen LogP contribution >= 0.6 is 0 Å². The van der Waals surface area contributed by atoms with Gasteiger partial charge in [-0.15, -0.1) is 0 Å². The molecular weight excluding hydrogens is 1020 g/mol. The summed E-state index contributed by atoms with van der Waals surface area (Å²) in [5.74, 6) is -6.05. The highest BCUT2D eigenvalue weighted by Crippen LogP contribution is 2.43. The van der Waals surface area contributed by atoms with Gasteiger partial charge in [0.1, 0.15) is 35.2 Å². The van der Waals surface area contributed by atoms with Crippen molar-refractivity contribution in [3.8, 4) is 0 Å². The Labute approximate surface area is 458 Å². The highest BCUT2D eigenvalue weighted by molar-refractivity contribution is 6.05. The van der Waals surface area contributed by atoms with Crippen molar-refractivity contribution < 1.29 is 51.4 Å². The number of carbonyl (C=O) groups excluding carboxylic acids is 6. The van der Waals surface area contributed by atoms with Crippen LogP contribution in [0.15, 0.2) is 78.9 Å². The quantitative estimate of drug-likeness (QED) is 0.0889. The summed E-state index contributed by atoms with van der Waals surface area (Å²) in [6.45, 7) is 12.0. The fourth-order valence-corrected chi connectivity index (χ4v) is 11.5. The maximum absolute atomic E-state index is 15.0. The lowest BCUT2D eigenvalue weighted by Crippen LogP contribution is -2.62. The second-order valence-corrected chi connectivity index (χ2v) is 21.8. The molecule has 79 heavy (non-hydrogen) atoms. The fraction of sp³-hybridized carbons (Fsp3) is 0.483. The lowest BCUT2D eigenvalue weighted by atomic mass is 9.83. The van der Waals surface area contributed by atoms with Crippen molar-refractivity contribution in [2.75, 3.05) is 94.8 Å². The van der Waals surface area contributed by atoms with Crippen LogP contribution in [0.5, 0.6) is 0 Å². The molecule has 4 aromatic rings. The van der Waals surface area contributed by atoms with Gasteiger partial charge in [-0.2, -0.15) is 0 Å². The lowest BCUT2D eigenvalue weighted by Gasteiger charge is -2.43. The molecule has 3 fully saturated rings. The Kier molecular flexibility index (Phi) is 17.8. The average Bonchev–Trinajstić information content (AvgIpc) is 4.20. The van der Waals surface area contributed by atoms with Crippen LogP contribution in [0.1, 0.15) is 74.4 Å². The van der Waals surface area contributed by atoms with Crippen LogP contribution in [0.3, 0.4) is 0 Å². The summed E-state index contributed by atoms with van der Waals surface area (Å²) in [6, 6.07) is 16.9. The molecule has 5 heterocycles. The molecular formula is C58H71F3N10O8. The Bertz CT molecular complexity index is 2910. The summed E-state index contributed by atoms with van der Waals surface area (Å²) in [7, 11) is 1.61. The number of likely N-dealkylation sites (N-methyl/N-ethyl adjacent to an activating group) is 1. The van der Waals surface area contributed by atoms with Crippen molar-refractivity contribution in [3.05, 3.63) is 124 Å². The zero-order valence-corrected chi connectivity index (χ0v) is 45.3. The van der Waals surface area contributed by atoms with E-state index in [9.17, 15) is 33.2 Å². The van der Waals surface area contributed by atoms with Gasteiger partial charge < -0.3 is 51.2 Å². The SMILES string of the molecule is CN[C@@H](C)C(=O)N[C@H](C(=O)N1Cc2ccc(NC(=O)CNC(=O)[C@]3(C)CN(C(=O)CN4C[C@@H](C)NC[C@@H]4CN4CCOC[C@H]4C)c4cc(Cc5ccc(F)cc5)ccc43)cc2[C@H]1C(=O)Nc1c(F)cccc1F)C1CCOCC1. The Balaban J connectivity index is 0.934. The first kappa shape index (κ1) is 57.0. The van der Waals surface area contributed by atoms with Crippen LogP contribution in [-0.4, -0.2) is 160 Å². The monoisotopic (exact) mass is 1090 g/mol. The van der Waals surface area contributed by atoms with Crippen LogP contribution < -0.4 is 36.8 Å². The summed E-state index contributed by atoms with van der Waals surface area (Å²) < 4.78 is 55.2. The standard InChI is InChI=1S/C58H71F3N10O8/c1-34-28-69(43(26-63-34)30-68-19-22-79-32-35(68)2)31-50(73)71-33-58(4,45-16-11-38(24-48(45)71)23-37-9-13-41(59)14-10-37)57(77)64-27-49(72)65-42-15-12-40-29-70(53(44(40)25-42)55(75)67-52-46(60)7-6-8-47(52)61)56(76)51(39-17-20-78-21-18-39)66-54(74)36(3)62-5/h6-16,24-25,34-36,39,43,51,53,62-63H,17-23,26-33H2,1-5H3,(H,64,77)(H,65,72)(H,66,74)(H,67,75)/t34-,35-,36+,43-,51+,53+,58-/m1/s1. The van der Waals surface area contributed by atoms with E-state index < -0.39 is 76.9 Å². The number of hydrogen-bond acceptors (Lipinski definition) is 12. The lowest BCUT2D eigenvalue weighted by molar-refractivity contribution is -0.144. The summed E-state index contributed by atoms with van der Waals surface area (Å²) >= 11 is 0. The number of carbonyl (C=O) groups is 6. The van der Waals surface area contributed by atoms with E-state index in [1.54, 1.807) is 50.1 Å². The Morgan fingerprint density at radius 2 is 1.59 bits per heavy atom. The summed E-state index contributed by atoms with van der Waals surface area (Å²) in [5, 5.41) is 17.3. The third-order valence-corrected chi connectivity index (χ3v) is 16.2. The number of piperazine rings is 1. The summed E-state index contributed by atoms with van der Waals surface area (Å²) in [4.78, 5) is 93.3. The molecule has 18 nitrogen and oxygen atoms in total. The van der Waals surface area contributed by atoms with Crippen molar-refractivity contribution in [1.82, 2.24) is 36.0 Å². The van der Waals surface area contributed by atoms with E-state index in [1.807, 2.05) is 18.2 Å². The minimum Gasteiger partial charge on any atom is -0.381 e. The molecule has 7 atom stereocenters. The molecule has 0 unspecified atom stereocenters. The number of nitrogens with zero attached hydrogens (tertiary/aromatic N) is 4. The number of hydrogen-bond donors (Lipinski definition) is 6. The van der Waals surface area contributed by atoms with Crippen LogP contribution in [-0.2, 0) is 56.6 Å². The van der Waals surface area contributed by atoms with E-state index in [0.717, 1.165) is 42.4 Å². The largest absolute Gasteiger partial charge is 0.381 e. The summed E-state index contributed by atoms with van der Waals surface area (Å²) in [5.41, 5.74) is 1.86. The van der Waals surface area contributed by atoms with Gasteiger partial charge in [0.2, 0.25) is 29.5 Å². The minimum atomic E-state index is -1.46. The van der Waals surface area contributed by atoms with Crippen molar-refractivity contribution in [2.24, 2.45) is 5.92 Å². The number of anilines is 3. The second kappa shape index (κ2) is 24.7. The zero-order chi connectivity index (χ0) is 56.1. The number of para-hydroxylation sites is 1. The first-order valence-electron chi connectivity index (χ1n) is 27.2. The number of morpholine rings is 1. The highest BCUT2D eigenvalue weighted by Gasteiger charge is 2.48. The van der Waals surface area contributed by atoms with Crippen molar-refractivity contribution >= 4 is 52.5 Å². The van der Waals surface area contributed by atoms with Gasteiger partial charge in [-0.25, -0.2) is 13.2 Å². The highest BCUT2D eigenvalue weighted by atomic mass is 19.1. The predicted molar refractivity (Wildman–Crippen MR) is 290 cm³/mol. The number of rotatable bonds is 17. The van der Waals surface area contributed by atoms with E-state index in [4.69, 9.17) is 9.47 Å². The van der Waals surface area contributed by atoms with Gasteiger partial charge in [0.25, 0.3) is 5.91 Å². The third-order valence-electron chi connectivity index (χ3n) is 16.2. The number of nitrogens with one attached hydrogen (secondary N) is 6. The molecule has 0 bridgehead atoms. The normalized spacial score (nSPS) is 23.3. The Morgan fingerprint density at radius 1 is 0.861 bits per heavy atom. The van der Waals surface area contributed by atoms with Crippen LogP contribution in [0.2, 0.25) is 0 Å². The molecule has 3 saturated heterocycles. The molecule has 422 valence electrons. The molecule has 0 saturated carbocycles. The fourth-order valence-electron chi connectivity index (χ4n) is 11.5. The van der Waals surface area contributed by atoms with E-state index in [1.165, 1.54) is 23.1 Å². The maximum atomic E-state index is 15.0. The third kappa shape index (κ3) is 12.8. The molecule has 6 amide bonds. The molecule has 0 aliphatic carbocycles. The van der Waals surface area contributed by atoms with Gasteiger partial charge >= 0.3 is 0 Å². The van der Waals surface area contributed by atoms with Crippen molar-refractivity contribution in [2.45, 2.75) is 95.2 Å². The number of benzene rings is 4. The van der Waals surface area contributed by atoms with Crippen LogP contribution in [0.25, 0.3) is 0 Å². The average molecular weight is 1090 g/mol. The molecule has 5 aliphatic rings. The van der Waals surface area contributed by atoms with E-state index in [0.29, 0.717) is 75.6 Å². The molecule has 5 aliphatic heterocycles. The zero-order valence-electron chi connectivity index (χ0n) is 45.3. The molecule has 0 spiro atoms. The second-order valence-electron chi connectivity index (χ2n) is 21.8. The minimum absolute atomic E-state index is 0.00468. The van der Waals surface area contributed by atoms with Crippen LogP contribution in [0.4, 0.5) is 30.2 Å². The maximum Gasteiger partial charge on any atom is 0.252 e. The van der Waals surface area contributed by atoms with Crippen LogP contribution in [0, 0.1) is 23.4 Å². The smallest absolute Gasteiger partial charge is 0.252 e. The Morgan fingerprint density at radius 3 is 2.32 bits per heavy atom. The predicted octanol–water partition coefficient (Wildman–Crippen LogP) is 3.98. The summed E-state index contributed by atoms with van der Waals surface area (Å²) in [6.07, 6.45) is 1.35.